The second kappa shape index (κ2) is 6.36. The van der Waals surface area contributed by atoms with Crippen LogP contribution in [0, 0.1) is 6.92 Å². The topological polar surface area (TPSA) is 88.5 Å². The molecule has 2 rings (SSSR count). The van der Waals surface area contributed by atoms with Crippen molar-refractivity contribution in [2.75, 3.05) is 12.4 Å². The third-order valence-corrected chi connectivity index (χ3v) is 3.51. The van der Waals surface area contributed by atoms with E-state index in [1.165, 1.54) is 18.4 Å². The van der Waals surface area contributed by atoms with Gasteiger partial charge < -0.3 is 9.84 Å². The summed E-state index contributed by atoms with van der Waals surface area (Å²) in [5, 5.41) is 13.3. The Labute approximate surface area is 125 Å². The quantitative estimate of drug-likeness (QED) is 0.885. The predicted molar refractivity (Wildman–Crippen MR) is 79.1 cm³/mol. The number of carbonyl (C=O) groups is 2. The van der Waals surface area contributed by atoms with Gasteiger partial charge in [0.25, 0.3) is 5.91 Å². The van der Waals surface area contributed by atoms with Crippen LogP contribution < -0.4 is 10.1 Å². The molecule has 0 bridgehead atoms. The Morgan fingerprint density at radius 3 is 2.86 bits per heavy atom. The number of hydrogen-bond donors (Lipinski definition) is 2. The highest BCUT2D eigenvalue weighted by molar-refractivity contribution is 7.14. The number of rotatable bonds is 5. The van der Waals surface area contributed by atoms with Gasteiger partial charge in [0.2, 0.25) is 0 Å². The van der Waals surface area contributed by atoms with Crippen LogP contribution in [0.3, 0.4) is 0 Å². The first-order valence-corrected chi connectivity index (χ1v) is 6.99. The summed E-state index contributed by atoms with van der Waals surface area (Å²) in [5.74, 6) is -0.828. The molecule has 0 aliphatic carbocycles. The van der Waals surface area contributed by atoms with Gasteiger partial charge in [-0.1, -0.05) is 11.6 Å². The van der Waals surface area contributed by atoms with Gasteiger partial charge in [-0.2, -0.15) is 0 Å². The minimum absolute atomic E-state index is 0.167. The third-order valence-electron chi connectivity index (χ3n) is 2.70. The fourth-order valence-electron chi connectivity index (χ4n) is 1.76. The summed E-state index contributed by atoms with van der Waals surface area (Å²) in [6.45, 7) is 1.88. The number of methoxy groups -OCH3 is 1. The highest BCUT2D eigenvalue weighted by atomic mass is 32.1. The van der Waals surface area contributed by atoms with Gasteiger partial charge in [0.05, 0.1) is 24.8 Å². The second-order valence-corrected chi connectivity index (χ2v) is 5.23. The number of carbonyl (C=O) groups excluding carboxylic acids is 1. The van der Waals surface area contributed by atoms with Gasteiger partial charge in [-0.25, -0.2) is 4.98 Å². The third kappa shape index (κ3) is 3.79. The van der Waals surface area contributed by atoms with E-state index in [0.29, 0.717) is 22.1 Å². The standard InChI is InChI=1S/C14H14N2O4S/c1-8-3-4-11(20-2)10(5-8)13(19)16-14-15-9(7-21-14)6-12(17)18/h3-5,7H,6H2,1-2H3,(H,17,18)(H,15,16,19). The van der Waals surface area contributed by atoms with Crippen LogP contribution in [0.2, 0.25) is 0 Å². The first kappa shape index (κ1) is 15.0. The molecule has 7 heteroatoms. The van der Waals surface area contributed by atoms with Crippen molar-refractivity contribution in [3.05, 3.63) is 40.4 Å². The number of carboxylic acids is 1. The molecule has 0 unspecified atom stereocenters. The molecular weight excluding hydrogens is 292 g/mol. The molecule has 1 heterocycles. The Balaban J connectivity index is 2.16. The average Bonchev–Trinajstić information content (AvgIpc) is 2.85. The number of aromatic nitrogens is 1. The summed E-state index contributed by atoms with van der Waals surface area (Å²) in [6.07, 6.45) is -0.167. The summed E-state index contributed by atoms with van der Waals surface area (Å²) in [4.78, 5) is 26.9. The molecule has 0 atom stereocenters. The number of thiazole rings is 1. The highest BCUT2D eigenvalue weighted by Crippen LogP contribution is 2.22. The molecule has 2 N–H and O–H groups in total. The van der Waals surface area contributed by atoms with Gasteiger partial charge >= 0.3 is 5.97 Å². The lowest BCUT2D eigenvalue weighted by Gasteiger charge is -2.08. The van der Waals surface area contributed by atoms with Crippen LogP contribution in [0.25, 0.3) is 0 Å². The van der Waals surface area contributed by atoms with Crippen LogP contribution in [-0.2, 0) is 11.2 Å². The van der Waals surface area contributed by atoms with Crippen LogP contribution in [0.1, 0.15) is 21.6 Å². The lowest BCUT2D eigenvalue weighted by Crippen LogP contribution is -2.13. The van der Waals surface area contributed by atoms with E-state index in [2.05, 4.69) is 10.3 Å². The van der Waals surface area contributed by atoms with Crippen LogP contribution in [0.5, 0.6) is 5.75 Å². The van der Waals surface area contributed by atoms with Crippen molar-refractivity contribution in [3.8, 4) is 5.75 Å². The number of carboxylic acid groups (broad SMARTS) is 1. The predicted octanol–water partition coefficient (Wildman–Crippen LogP) is 2.34. The van der Waals surface area contributed by atoms with E-state index in [-0.39, 0.29) is 12.3 Å². The molecule has 1 aromatic carbocycles. The van der Waals surface area contributed by atoms with Crippen molar-refractivity contribution in [2.24, 2.45) is 0 Å². The van der Waals surface area contributed by atoms with Crippen molar-refractivity contribution in [1.29, 1.82) is 0 Å². The maximum Gasteiger partial charge on any atom is 0.309 e. The minimum Gasteiger partial charge on any atom is -0.496 e. The number of hydrogen-bond acceptors (Lipinski definition) is 5. The molecule has 0 aliphatic rings. The maximum atomic E-state index is 12.2. The molecule has 0 spiro atoms. The Bertz CT molecular complexity index is 681. The summed E-state index contributed by atoms with van der Waals surface area (Å²) in [7, 11) is 1.50. The smallest absolute Gasteiger partial charge is 0.309 e. The fourth-order valence-corrected chi connectivity index (χ4v) is 2.47. The number of anilines is 1. The number of aliphatic carboxylic acids is 1. The molecule has 1 aromatic heterocycles. The number of nitrogens with zero attached hydrogens (tertiary/aromatic N) is 1. The Morgan fingerprint density at radius 1 is 1.43 bits per heavy atom. The SMILES string of the molecule is COc1ccc(C)cc1C(=O)Nc1nc(CC(=O)O)cs1. The molecule has 1 amide bonds. The zero-order valence-corrected chi connectivity index (χ0v) is 12.4. The van der Waals surface area contributed by atoms with Crippen LogP contribution in [0.15, 0.2) is 23.6 Å². The van der Waals surface area contributed by atoms with Crippen LogP contribution >= 0.6 is 11.3 Å². The Morgan fingerprint density at radius 2 is 2.19 bits per heavy atom. The largest absolute Gasteiger partial charge is 0.496 e. The Kier molecular flexibility index (Phi) is 4.54. The van der Waals surface area contributed by atoms with Gasteiger partial charge in [0.1, 0.15) is 5.75 Å². The average molecular weight is 306 g/mol. The van der Waals surface area contributed by atoms with Gasteiger partial charge in [0.15, 0.2) is 5.13 Å². The van der Waals surface area contributed by atoms with Gasteiger partial charge in [-0.3, -0.25) is 14.9 Å². The van der Waals surface area contributed by atoms with Gasteiger partial charge in [-0.15, -0.1) is 11.3 Å². The number of amides is 1. The molecule has 0 aliphatic heterocycles. The number of nitrogens with one attached hydrogen (secondary N) is 1. The molecule has 6 nitrogen and oxygen atoms in total. The van der Waals surface area contributed by atoms with Crippen molar-refractivity contribution >= 4 is 28.3 Å². The molecule has 0 saturated carbocycles. The molecule has 0 radical (unpaired) electrons. The molecule has 21 heavy (non-hydrogen) atoms. The molecule has 0 saturated heterocycles. The van der Waals surface area contributed by atoms with E-state index in [0.717, 1.165) is 5.56 Å². The van der Waals surface area contributed by atoms with E-state index in [1.807, 2.05) is 13.0 Å². The van der Waals surface area contributed by atoms with Crippen molar-refractivity contribution < 1.29 is 19.4 Å². The lowest BCUT2D eigenvalue weighted by atomic mass is 10.1. The fraction of sp³-hybridized carbons (Fsp3) is 0.214. The molecule has 110 valence electrons. The number of ether oxygens (including phenoxy) is 1. The van der Waals surface area contributed by atoms with E-state index < -0.39 is 5.97 Å². The van der Waals surface area contributed by atoms with E-state index >= 15 is 0 Å². The summed E-state index contributed by atoms with van der Waals surface area (Å²) in [6, 6.07) is 5.30. The van der Waals surface area contributed by atoms with E-state index in [1.54, 1.807) is 17.5 Å². The van der Waals surface area contributed by atoms with Gasteiger partial charge in [-0.05, 0) is 19.1 Å². The van der Waals surface area contributed by atoms with Crippen molar-refractivity contribution in [1.82, 2.24) is 4.98 Å². The zero-order valence-electron chi connectivity index (χ0n) is 11.5. The summed E-state index contributed by atoms with van der Waals surface area (Å²) in [5.41, 5.74) is 1.76. The second-order valence-electron chi connectivity index (χ2n) is 4.37. The first-order chi connectivity index (χ1) is 9.99. The Hall–Kier alpha value is -2.41. The molecular formula is C14H14N2O4S. The normalized spacial score (nSPS) is 10.2. The molecule has 0 fully saturated rings. The van der Waals surface area contributed by atoms with E-state index in [4.69, 9.17) is 9.84 Å². The summed E-state index contributed by atoms with van der Waals surface area (Å²) < 4.78 is 5.16. The van der Waals surface area contributed by atoms with Crippen LogP contribution in [-0.4, -0.2) is 29.1 Å². The van der Waals surface area contributed by atoms with Gasteiger partial charge in [0, 0.05) is 5.38 Å². The maximum absolute atomic E-state index is 12.2. The number of aryl methyl sites for hydroxylation is 1. The van der Waals surface area contributed by atoms with Crippen LogP contribution in [0.4, 0.5) is 5.13 Å². The zero-order chi connectivity index (χ0) is 15.4. The van der Waals surface area contributed by atoms with E-state index in [9.17, 15) is 9.59 Å². The molecule has 2 aromatic rings. The highest BCUT2D eigenvalue weighted by Gasteiger charge is 2.15. The number of benzene rings is 1. The first-order valence-electron chi connectivity index (χ1n) is 6.12. The lowest BCUT2D eigenvalue weighted by molar-refractivity contribution is -0.136. The van der Waals surface area contributed by atoms with Crippen molar-refractivity contribution in [3.63, 3.8) is 0 Å². The minimum atomic E-state index is -0.960. The monoisotopic (exact) mass is 306 g/mol. The summed E-state index contributed by atoms with van der Waals surface area (Å²) >= 11 is 1.18. The van der Waals surface area contributed by atoms with Crippen molar-refractivity contribution in [2.45, 2.75) is 13.3 Å².